The second kappa shape index (κ2) is 5.52. The maximum Gasteiger partial charge on any atom is 0.322 e. The smallest absolute Gasteiger partial charge is 0.322 e. The highest BCUT2D eigenvalue weighted by atomic mass is 79.9. The molecular formula is C12H14BrNO4S3. The number of thiophene rings is 1. The van der Waals surface area contributed by atoms with Gasteiger partial charge in [-0.05, 0) is 53.2 Å². The van der Waals surface area contributed by atoms with Crippen molar-refractivity contribution in [2.45, 2.75) is 35.4 Å². The molecule has 0 radical (unpaired) electrons. The molecule has 1 aromatic heterocycles. The molecular weight excluding hydrogens is 398 g/mol. The minimum Gasteiger partial charge on any atom is -0.480 e. The summed E-state index contributed by atoms with van der Waals surface area (Å²) in [7, 11) is -3.77. The first-order chi connectivity index (χ1) is 9.82. The zero-order valence-corrected chi connectivity index (χ0v) is 15.2. The van der Waals surface area contributed by atoms with E-state index in [2.05, 4.69) is 15.9 Å². The van der Waals surface area contributed by atoms with E-state index in [1.807, 2.05) is 6.92 Å². The predicted octanol–water partition coefficient (Wildman–Crippen LogP) is 2.75. The Morgan fingerprint density at radius 3 is 2.62 bits per heavy atom. The lowest BCUT2D eigenvalue weighted by atomic mass is 10.3. The van der Waals surface area contributed by atoms with Gasteiger partial charge in [-0.3, -0.25) is 4.79 Å². The van der Waals surface area contributed by atoms with Crippen molar-refractivity contribution in [3.63, 3.8) is 0 Å². The van der Waals surface area contributed by atoms with Crippen molar-refractivity contribution in [2.75, 3.05) is 5.75 Å². The van der Waals surface area contributed by atoms with Crippen molar-refractivity contribution < 1.29 is 18.3 Å². The van der Waals surface area contributed by atoms with Crippen molar-refractivity contribution >= 4 is 55.0 Å². The largest absolute Gasteiger partial charge is 0.480 e. The van der Waals surface area contributed by atoms with Gasteiger partial charge in [-0.1, -0.05) is 0 Å². The monoisotopic (exact) mass is 411 g/mol. The first-order valence-electron chi connectivity index (χ1n) is 6.46. The number of aliphatic carboxylic acids is 1. The molecule has 9 heteroatoms. The number of nitrogens with zero attached hydrogens (tertiary/aromatic N) is 1. The van der Waals surface area contributed by atoms with Gasteiger partial charge in [-0.15, -0.1) is 23.1 Å². The van der Waals surface area contributed by atoms with Crippen LogP contribution in [-0.2, 0) is 14.8 Å². The van der Waals surface area contributed by atoms with Crippen LogP contribution < -0.4 is 0 Å². The summed E-state index contributed by atoms with van der Waals surface area (Å²) in [5, 5.41) is 9.11. The Kier molecular flexibility index (Phi) is 4.15. The number of carboxylic acids is 1. The highest BCUT2D eigenvalue weighted by molar-refractivity contribution is 9.11. The Bertz CT molecular complexity index is 663. The van der Waals surface area contributed by atoms with Gasteiger partial charge in [0.25, 0.3) is 10.0 Å². The Labute approximate surface area is 139 Å². The van der Waals surface area contributed by atoms with Crippen LogP contribution in [0.2, 0.25) is 0 Å². The van der Waals surface area contributed by atoms with E-state index in [0.717, 1.165) is 33.5 Å². The molecule has 0 spiro atoms. The molecule has 2 heterocycles. The number of halogens is 1. The summed E-state index contributed by atoms with van der Waals surface area (Å²) in [5.74, 6) is -0.457. The SMILES string of the molecule is Cc1cc(S(=O)(=O)N2C(C(=O)O)CSC2C2CC2)sc1Br. The summed E-state index contributed by atoms with van der Waals surface area (Å²) in [6, 6.07) is 0.641. The molecule has 0 amide bonds. The van der Waals surface area contributed by atoms with Crippen LogP contribution in [0.1, 0.15) is 18.4 Å². The second-order valence-corrected chi connectivity index (χ2v) is 10.9. The van der Waals surface area contributed by atoms with Crippen LogP contribution in [0.5, 0.6) is 0 Å². The van der Waals surface area contributed by atoms with Gasteiger partial charge in [-0.25, -0.2) is 8.42 Å². The van der Waals surface area contributed by atoms with E-state index in [9.17, 15) is 18.3 Å². The fourth-order valence-corrected chi connectivity index (χ4v) is 8.52. The Morgan fingerprint density at radius 1 is 1.48 bits per heavy atom. The van der Waals surface area contributed by atoms with Gasteiger partial charge < -0.3 is 5.11 Å². The van der Waals surface area contributed by atoms with Gasteiger partial charge in [0.1, 0.15) is 10.3 Å². The molecule has 0 bridgehead atoms. The number of aryl methyl sites for hydroxylation is 1. The van der Waals surface area contributed by atoms with Crippen LogP contribution in [0, 0.1) is 12.8 Å². The first-order valence-corrected chi connectivity index (χ1v) is 10.6. The van der Waals surface area contributed by atoms with Gasteiger partial charge in [0, 0.05) is 5.75 Å². The van der Waals surface area contributed by atoms with Gasteiger partial charge in [0.2, 0.25) is 0 Å². The third kappa shape index (κ3) is 2.78. The van der Waals surface area contributed by atoms with E-state index in [1.54, 1.807) is 6.07 Å². The summed E-state index contributed by atoms with van der Waals surface area (Å²) in [6.07, 6.45) is 1.95. The van der Waals surface area contributed by atoms with Crippen LogP contribution in [0.25, 0.3) is 0 Å². The minimum atomic E-state index is -3.77. The van der Waals surface area contributed by atoms with E-state index >= 15 is 0 Å². The lowest BCUT2D eigenvalue weighted by molar-refractivity contribution is -0.140. The van der Waals surface area contributed by atoms with Crippen molar-refractivity contribution in [1.82, 2.24) is 4.31 Å². The van der Waals surface area contributed by atoms with Crippen LogP contribution in [0.4, 0.5) is 0 Å². The molecule has 1 aliphatic carbocycles. The quantitative estimate of drug-likeness (QED) is 0.823. The average Bonchev–Trinajstić information content (AvgIpc) is 3.04. The Hall–Kier alpha value is -0.0900. The van der Waals surface area contributed by atoms with Gasteiger partial charge in [0.05, 0.1) is 9.16 Å². The predicted molar refractivity (Wildman–Crippen MR) is 86.2 cm³/mol. The van der Waals surface area contributed by atoms with Gasteiger partial charge >= 0.3 is 5.97 Å². The van der Waals surface area contributed by atoms with Crippen molar-refractivity contribution in [3.8, 4) is 0 Å². The van der Waals surface area contributed by atoms with Gasteiger partial charge in [-0.2, -0.15) is 4.31 Å². The normalized spacial score (nSPS) is 27.1. The zero-order valence-electron chi connectivity index (χ0n) is 11.2. The highest BCUT2D eigenvalue weighted by Crippen LogP contribution is 2.48. The molecule has 116 valence electrons. The molecule has 1 saturated heterocycles. The molecule has 0 aromatic carbocycles. The van der Waals surface area contributed by atoms with E-state index in [0.29, 0.717) is 11.7 Å². The third-order valence-corrected chi connectivity index (χ3v) is 9.73. The molecule has 1 aliphatic heterocycles. The van der Waals surface area contributed by atoms with Crippen LogP contribution >= 0.6 is 39.0 Å². The van der Waals surface area contributed by atoms with Crippen molar-refractivity contribution in [3.05, 3.63) is 15.4 Å². The minimum absolute atomic E-state index is 0.214. The van der Waals surface area contributed by atoms with E-state index in [4.69, 9.17) is 0 Å². The standard InChI is InChI=1S/C12H14BrNO4S3/c1-6-4-9(20-10(6)13)21(17,18)14-8(12(15)16)5-19-11(14)7-2-3-7/h4,7-8,11H,2-3,5H2,1H3,(H,15,16). The summed E-state index contributed by atoms with van der Waals surface area (Å²) in [4.78, 5) is 11.4. The molecule has 2 atom stereocenters. The summed E-state index contributed by atoms with van der Waals surface area (Å²) < 4.78 is 28.0. The van der Waals surface area contributed by atoms with Crippen LogP contribution in [0.15, 0.2) is 14.1 Å². The number of hydrogen-bond acceptors (Lipinski definition) is 5. The van der Waals surface area contributed by atoms with Gasteiger partial charge in [0.15, 0.2) is 0 Å². The fourth-order valence-electron chi connectivity index (χ4n) is 2.39. The van der Waals surface area contributed by atoms with Crippen LogP contribution in [0.3, 0.4) is 0 Å². The van der Waals surface area contributed by atoms with E-state index < -0.39 is 22.0 Å². The molecule has 5 nitrogen and oxygen atoms in total. The van der Waals surface area contributed by atoms with Crippen molar-refractivity contribution in [1.29, 1.82) is 0 Å². The molecule has 1 aromatic rings. The van der Waals surface area contributed by atoms with Crippen LogP contribution in [-0.4, -0.2) is 41.0 Å². The number of carboxylic acid groups (broad SMARTS) is 1. The van der Waals surface area contributed by atoms with E-state index in [1.165, 1.54) is 16.1 Å². The number of rotatable bonds is 4. The summed E-state index contributed by atoms with van der Waals surface area (Å²) in [5.41, 5.74) is 0.847. The molecule has 2 aliphatic rings. The number of carbonyl (C=O) groups is 1. The zero-order chi connectivity index (χ0) is 15.4. The third-order valence-electron chi connectivity index (χ3n) is 3.66. The van der Waals surface area contributed by atoms with Crippen molar-refractivity contribution in [2.24, 2.45) is 5.92 Å². The molecule has 1 N–H and O–H groups in total. The molecule has 21 heavy (non-hydrogen) atoms. The lowest BCUT2D eigenvalue weighted by Gasteiger charge is -2.25. The topological polar surface area (TPSA) is 74.7 Å². The summed E-state index contributed by atoms with van der Waals surface area (Å²) in [6.45, 7) is 1.82. The Balaban J connectivity index is 2.02. The molecule has 3 rings (SSSR count). The molecule has 2 unspecified atom stereocenters. The second-order valence-electron chi connectivity index (χ2n) is 5.27. The maximum absolute atomic E-state index is 12.9. The maximum atomic E-state index is 12.9. The lowest BCUT2D eigenvalue weighted by Crippen LogP contribution is -2.45. The highest BCUT2D eigenvalue weighted by Gasteiger charge is 2.51. The molecule has 2 fully saturated rings. The fraction of sp³-hybridized carbons (Fsp3) is 0.583. The molecule has 1 saturated carbocycles. The number of sulfonamides is 1. The summed E-state index contributed by atoms with van der Waals surface area (Å²) >= 11 is 5.92. The average molecular weight is 412 g/mol. The number of hydrogen-bond donors (Lipinski definition) is 1. The number of thioether (sulfide) groups is 1. The Morgan fingerprint density at radius 2 is 2.14 bits per heavy atom. The first kappa shape index (κ1) is 15.8. The van der Waals surface area contributed by atoms with E-state index in [-0.39, 0.29) is 9.58 Å².